The number of rotatable bonds is 11. The van der Waals surface area contributed by atoms with Gasteiger partial charge >= 0.3 is 0 Å². The van der Waals surface area contributed by atoms with Crippen molar-refractivity contribution in [1.29, 1.82) is 0 Å². The first-order valence-corrected chi connectivity index (χ1v) is 9.17. The molecule has 1 unspecified atom stereocenters. The van der Waals surface area contributed by atoms with E-state index in [2.05, 4.69) is 13.8 Å². The maximum atomic E-state index is 12.7. The van der Waals surface area contributed by atoms with E-state index < -0.39 is 6.10 Å². The van der Waals surface area contributed by atoms with Gasteiger partial charge in [0.25, 0.3) is 5.91 Å². The molecule has 3 nitrogen and oxygen atoms in total. The van der Waals surface area contributed by atoms with Gasteiger partial charge in [0.15, 0.2) is 6.10 Å². The van der Waals surface area contributed by atoms with Gasteiger partial charge in [-0.3, -0.25) is 4.79 Å². The Kier molecular flexibility index (Phi) is 9.77. The van der Waals surface area contributed by atoms with Crippen molar-refractivity contribution in [3.05, 3.63) is 29.3 Å². The third-order valence-corrected chi connectivity index (χ3v) is 4.07. The van der Waals surface area contributed by atoms with Gasteiger partial charge in [0.05, 0.1) is 0 Å². The summed E-state index contributed by atoms with van der Waals surface area (Å²) in [5.41, 5.74) is 0. The lowest BCUT2D eigenvalue weighted by molar-refractivity contribution is -0.138. The second kappa shape index (κ2) is 11.3. The molecule has 1 aromatic rings. The molecule has 0 aliphatic heterocycles. The summed E-state index contributed by atoms with van der Waals surface area (Å²) in [4.78, 5) is 14.6. The minimum Gasteiger partial charge on any atom is -0.481 e. The second-order valence-corrected chi connectivity index (χ2v) is 6.39. The summed E-state index contributed by atoms with van der Waals surface area (Å²) in [6.45, 7) is 7.80. The van der Waals surface area contributed by atoms with Gasteiger partial charge in [0.1, 0.15) is 5.75 Å². The van der Waals surface area contributed by atoms with Gasteiger partial charge in [-0.25, -0.2) is 0 Å². The molecule has 4 heteroatoms. The second-order valence-electron chi connectivity index (χ2n) is 5.96. The van der Waals surface area contributed by atoms with Gasteiger partial charge in [-0.05, 0) is 38.0 Å². The average molecular weight is 340 g/mol. The number of halogens is 1. The Morgan fingerprint density at radius 3 is 2.26 bits per heavy atom. The fourth-order valence-corrected chi connectivity index (χ4v) is 2.67. The first-order valence-electron chi connectivity index (χ1n) is 8.79. The molecule has 1 aromatic carbocycles. The highest BCUT2D eigenvalue weighted by molar-refractivity contribution is 6.30. The van der Waals surface area contributed by atoms with E-state index in [1.54, 1.807) is 12.1 Å². The molecule has 1 rings (SSSR count). The summed E-state index contributed by atoms with van der Waals surface area (Å²) in [7, 11) is 0. The van der Waals surface area contributed by atoms with Crippen molar-refractivity contribution in [2.75, 3.05) is 13.1 Å². The number of ether oxygens (including phenoxy) is 1. The van der Waals surface area contributed by atoms with Crippen molar-refractivity contribution in [2.24, 2.45) is 0 Å². The Hall–Kier alpha value is -1.22. The van der Waals surface area contributed by atoms with Crippen molar-refractivity contribution in [3.63, 3.8) is 0 Å². The molecule has 23 heavy (non-hydrogen) atoms. The van der Waals surface area contributed by atoms with Crippen LogP contribution in [0.3, 0.4) is 0 Å². The Labute approximate surface area is 146 Å². The van der Waals surface area contributed by atoms with Crippen molar-refractivity contribution in [2.45, 2.75) is 65.4 Å². The summed E-state index contributed by atoms with van der Waals surface area (Å²) in [6, 6.07) is 7.19. The molecule has 0 radical (unpaired) electrons. The Morgan fingerprint density at radius 1 is 1.13 bits per heavy atom. The molecule has 1 amide bonds. The van der Waals surface area contributed by atoms with Crippen LogP contribution in [-0.2, 0) is 4.79 Å². The number of carbonyl (C=O) groups is 1. The van der Waals surface area contributed by atoms with Crippen LogP contribution in [0.1, 0.15) is 59.3 Å². The molecule has 0 bridgehead atoms. The van der Waals surface area contributed by atoms with E-state index in [1.807, 2.05) is 24.0 Å². The smallest absolute Gasteiger partial charge is 0.263 e. The topological polar surface area (TPSA) is 29.5 Å². The summed E-state index contributed by atoms with van der Waals surface area (Å²) >= 11 is 5.96. The first kappa shape index (κ1) is 19.8. The highest BCUT2D eigenvalue weighted by atomic mass is 35.5. The van der Waals surface area contributed by atoms with Gasteiger partial charge in [-0.1, -0.05) is 57.2 Å². The highest BCUT2D eigenvalue weighted by Gasteiger charge is 2.21. The number of benzene rings is 1. The van der Waals surface area contributed by atoms with Crippen LogP contribution in [0.4, 0.5) is 0 Å². The van der Waals surface area contributed by atoms with E-state index in [-0.39, 0.29) is 5.91 Å². The minimum atomic E-state index is -0.489. The molecule has 0 heterocycles. The molecule has 0 saturated carbocycles. The highest BCUT2D eigenvalue weighted by Crippen LogP contribution is 2.19. The molecular weight excluding hydrogens is 310 g/mol. The van der Waals surface area contributed by atoms with Crippen molar-refractivity contribution >= 4 is 17.5 Å². The zero-order chi connectivity index (χ0) is 17.1. The maximum Gasteiger partial charge on any atom is 0.263 e. The van der Waals surface area contributed by atoms with Crippen molar-refractivity contribution < 1.29 is 9.53 Å². The molecule has 0 aliphatic carbocycles. The van der Waals surface area contributed by atoms with E-state index >= 15 is 0 Å². The summed E-state index contributed by atoms with van der Waals surface area (Å²) in [5.74, 6) is 0.706. The van der Waals surface area contributed by atoms with Crippen LogP contribution in [0, 0.1) is 0 Å². The zero-order valence-corrected chi connectivity index (χ0v) is 15.4. The van der Waals surface area contributed by atoms with E-state index in [1.165, 1.54) is 0 Å². The predicted octanol–water partition coefficient (Wildman–Crippen LogP) is 5.32. The maximum absolute atomic E-state index is 12.7. The van der Waals surface area contributed by atoms with Gasteiger partial charge < -0.3 is 9.64 Å². The third kappa shape index (κ3) is 7.74. The fourth-order valence-electron chi connectivity index (χ4n) is 2.49. The lowest BCUT2D eigenvalue weighted by Crippen LogP contribution is -2.41. The van der Waals surface area contributed by atoms with Crippen LogP contribution in [0.5, 0.6) is 5.75 Å². The fraction of sp³-hybridized carbons (Fsp3) is 0.632. The molecule has 1 atom stereocenters. The Balaban J connectivity index is 2.60. The van der Waals surface area contributed by atoms with Crippen LogP contribution < -0.4 is 4.74 Å². The normalized spacial score (nSPS) is 12.0. The standard InChI is InChI=1S/C19H30ClNO2/c1-4-6-8-13-21(14-9-7-5-2)19(22)16(3)23-18-12-10-11-17(20)15-18/h10-12,15-16H,4-9,13-14H2,1-3H3. The Bertz CT molecular complexity index is 454. The largest absolute Gasteiger partial charge is 0.481 e. The van der Waals surface area contributed by atoms with Gasteiger partial charge in [-0.15, -0.1) is 0 Å². The molecule has 0 N–H and O–H groups in total. The zero-order valence-electron chi connectivity index (χ0n) is 14.7. The number of amides is 1. The van der Waals surface area contributed by atoms with Crippen LogP contribution in [0.2, 0.25) is 5.02 Å². The molecule has 0 fully saturated rings. The van der Waals surface area contributed by atoms with Crippen molar-refractivity contribution in [1.82, 2.24) is 4.90 Å². The SMILES string of the molecule is CCCCCN(CCCCC)C(=O)C(C)Oc1cccc(Cl)c1. The molecular formula is C19H30ClNO2. The lowest BCUT2D eigenvalue weighted by Gasteiger charge is -2.26. The molecule has 0 aliphatic rings. The number of hydrogen-bond donors (Lipinski definition) is 0. The predicted molar refractivity (Wildman–Crippen MR) is 97.2 cm³/mol. The van der Waals surface area contributed by atoms with Crippen LogP contribution >= 0.6 is 11.6 Å². The van der Waals surface area contributed by atoms with Crippen LogP contribution in [0.15, 0.2) is 24.3 Å². The van der Waals surface area contributed by atoms with E-state index in [4.69, 9.17) is 16.3 Å². The third-order valence-electron chi connectivity index (χ3n) is 3.83. The number of unbranched alkanes of at least 4 members (excludes halogenated alkanes) is 4. The summed E-state index contributed by atoms with van der Waals surface area (Å²) in [5, 5.41) is 0.616. The van der Waals surface area contributed by atoms with Crippen LogP contribution in [0.25, 0.3) is 0 Å². The van der Waals surface area contributed by atoms with E-state index in [9.17, 15) is 4.79 Å². The molecule has 0 saturated heterocycles. The van der Waals surface area contributed by atoms with E-state index in [0.717, 1.165) is 51.6 Å². The Morgan fingerprint density at radius 2 is 1.74 bits per heavy atom. The minimum absolute atomic E-state index is 0.0668. The number of nitrogens with zero attached hydrogens (tertiary/aromatic N) is 1. The molecule has 0 spiro atoms. The molecule has 0 aromatic heterocycles. The van der Waals surface area contributed by atoms with Gasteiger partial charge in [-0.2, -0.15) is 0 Å². The lowest BCUT2D eigenvalue weighted by atomic mass is 10.2. The quantitative estimate of drug-likeness (QED) is 0.511. The van der Waals surface area contributed by atoms with Crippen LogP contribution in [-0.4, -0.2) is 30.0 Å². The first-order chi connectivity index (χ1) is 11.1. The van der Waals surface area contributed by atoms with E-state index in [0.29, 0.717) is 10.8 Å². The molecule has 130 valence electrons. The number of carbonyl (C=O) groups excluding carboxylic acids is 1. The van der Waals surface area contributed by atoms with Gasteiger partial charge in [0, 0.05) is 18.1 Å². The van der Waals surface area contributed by atoms with Crippen molar-refractivity contribution in [3.8, 4) is 5.75 Å². The van der Waals surface area contributed by atoms with Gasteiger partial charge in [0.2, 0.25) is 0 Å². The summed E-state index contributed by atoms with van der Waals surface area (Å²) < 4.78 is 5.77. The summed E-state index contributed by atoms with van der Waals surface area (Å²) in [6.07, 6.45) is 6.24. The monoisotopic (exact) mass is 339 g/mol. The average Bonchev–Trinajstić information content (AvgIpc) is 2.53. The number of hydrogen-bond acceptors (Lipinski definition) is 2.